The molecule has 0 atom stereocenters. The van der Waals surface area contributed by atoms with E-state index in [0.29, 0.717) is 11.4 Å². The van der Waals surface area contributed by atoms with Gasteiger partial charge in [0, 0.05) is 18.3 Å². The lowest BCUT2D eigenvalue weighted by molar-refractivity contribution is -0.115. The maximum absolute atomic E-state index is 12.5. The Kier molecular flexibility index (Phi) is 4.84. The van der Waals surface area contributed by atoms with Gasteiger partial charge in [-0.05, 0) is 38.1 Å². The van der Waals surface area contributed by atoms with Gasteiger partial charge >= 0.3 is 0 Å². The Bertz CT molecular complexity index is 885. The van der Waals surface area contributed by atoms with Crippen molar-refractivity contribution in [3.05, 3.63) is 71.5 Å². The molecule has 2 aromatic carbocycles. The van der Waals surface area contributed by atoms with Crippen LogP contribution >= 0.6 is 0 Å². The molecule has 0 bridgehead atoms. The van der Waals surface area contributed by atoms with E-state index in [4.69, 9.17) is 4.74 Å². The quantitative estimate of drug-likeness (QED) is 0.766. The van der Waals surface area contributed by atoms with Gasteiger partial charge in [-0.2, -0.15) is 5.10 Å². The Morgan fingerprint density at radius 2 is 1.76 bits per heavy atom. The molecule has 1 N–H and O–H groups in total. The van der Waals surface area contributed by atoms with Crippen LogP contribution in [0.1, 0.15) is 17.0 Å². The molecule has 0 fully saturated rings. The van der Waals surface area contributed by atoms with E-state index < -0.39 is 0 Å². The summed E-state index contributed by atoms with van der Waals surface area (Å²) in [6.45, 7) is 3.89. The predicted octanol–water partition coefficient (Wildman–Crippen LogP) is 4.01. The number of hydrogen-bond acceptors (Lipinski definition) is 3. The van der Waals surface area contributed by atoms with Crippen molar-refractivity contribution >= 4 is 11.6 Å². The minimum atomic E-state index is -0.0942. The molecule has 128 valence electrons. The molecule has 3 aromatic rings. The number of nitrogens with zero attached hydrogens (tertiary/aromatic N) is 2. The van der Waals surface area contributed by atoms with Crippen LogP contribution in [0.15, 0.2) is 54.6 Å². The van der Waals surface area contributed by atoms with Crippen LogP contribution in [0.2, 0.25) is 0 Å². The number of carbonyl (C=O) groups excluding carboxylic acids is 1. The summed E-state index contributed by atoms with van der Waals surface area (Å²) in [5.74, 6) is 1.24. The highest BCUT2D eigenvalue weighted by Gasteiger charge is 2.15. The Morgan fingerprint density at radius 1 is 1.08 bits per heavy atom. The largest absolute Gasteiger partial charge is 0.455 e. The van der Waals surface area contributed by atoms with Gasteiger partial charge in [-0.1, -0.05) is 30.3 Å². The van der Waals surface area contributed by atoms with Crippen molar-refractivity contribution in [3.8, 4) is 11.5 Å². The molecule has 25 heavy (non-hydrogen) atoms. The molecule has 0 spiro atoms. The third-order valence-corrected chi connectivity index (χ3v) is 4.13. The second-order valence-corrected chi connectivity index (χ2v) is 5.91. The summed E-state index contributed by atoms with van der Waals surface area (Å²) in [4.78, 5) is 12.5. The number of rotatable bonds is 5. The highest BCUT2D eigenvalue weighted by atomic mass is 16.5. The van der Waals surface area contributed by atoms with Crippen molar-refractivity contribution in [2.24, 2.45) is 7.05 Å². The molecule has 0 aliphatic heterocycles. The van der Waals surface area contributed by atoms with Crippen molar-refractivity contribution in [2.75, 3.05) is 5.32 Å². The molecule has 0 saturated carbocycles. The number of hydrogen-bond donors (Lipinski definition) is 1. The number of aryl methyl sites for hydroxylation is 2. The number of anilines is 1. The van der Waals surface area contributed by atoms with Crippen molar-refractivity contribution in [3.63, 3.8) is 0 Å². The van der Waals surface area contributed by atoms with E-state index in [0.717, 1.165) is 22.7 Å². The predicted molar refractivity (Wildman–Crippen MR) is 98.0 cm³/mol. The lowest BCUT2D eigenvalue weighted by atomic mass is 10.1. The Morgan fingerprint density at radius 3 is 2.44 bits per heavy atom. The molecule has 0 aliphatic carbocycles. The first-order chi connectivity index (χ1) is 12.0. The topological polar surface area (TPSA) is 56.2 Å². The number of benzene rings is 2. The number of amides is 1. The maximum atomic E-state index is 12.5. The maximum Gasteiger partial charge on any atom is 0.229 e. The van der Waals surface area contributed by atoms with Gasteiger partial charge in [0.2, 0.25) is 5.91 Å². The fourth-order valence-electron chi connectivity index (χ4n) is 2.70. The van der Waals surface area contributed by atoms with Gasteiger partial charge in [-0.25, -0.2) is 0 Å². The first kappa shape index (κ1) is 16.8. The van der Waals surface area contributed by atoms with Crippen LogP contribution in [0.25, 0.3) is 0 Å². The van der Waals surface area contributed by atoms with E-state index in [1.165, 1.54) is 0 Å². The molecule has 0 radical (unpaired) electrons. The third-order valence-electron chi connectivity index (χ3n) is 4.13. The number of nitrogens with one attached hydrogen (secondary N) is 1. The second kappa shape index (κ2) is 7.21. The first-order valence-corrected chi connectivity index (χ1v) is 8.15. The SMILES string of the molecule is Cc1nn(C)c(C)c1CC(=O)Nc1ccccc1Oc1ccccc1. The summed E-state index contributed by atoms with van der Waals surface area (Å²) in [6, 6.07) is 16.9. The molecular weight excluding hydrogens is 314 g/mol. The summed E-state index contributed by atoms with van der Waals surface area (Å²) in [7, 11) is 1.88. The molecule has 1 aromatic heterocycles. The smallest absolute Gasteiger partial charge is 0.229 e. The van der Waals surface area contributed by atoms with E-state index in [9.17, 15) is 4.79 Å². The zero-order valence-electron chi connectivity index (χ0n) is 14.6. The zero-order chi connectivity index (χ0) is 17.8. The molecular formula is C20H21N3O2. The Hall–Kier alpha value is -3.08. The summed E-state index contributed by atoms with van der Waals surface area (Å²) in [6.07, 6.45) is 0.283. The number of para-hydroxylation sites is 3. The number of aromatic nitrogens is 2. The standard InChI is InChI=1S/C20H21N3O2/c1-14-17(15(2)23(3)22-14)13-20(24)21-18-11-7-8-12-19(18)25-16-9-5-4-6-10-16/h4-12H,13H2,1-3H3,(H,21,24). The van der Waals surface area contributed by atoms with Gasteiger partial charge in [-0.15, -0.1) is 0 Å². The summed E-state index contributed by atoms with van der Waals surface area (Å²) < 4.78 is 7.68. The van der Waals surface area contributed by atoms with E-state index >= 15 is 0 Å². The van der Waals surface area contributed by atoms with Crippen LogP contribution in [0.5, 0.6) is 11.5 Å². The van der Waals surface area contributed by atoms with Gasteiger partial charge in [0.05, 0.1) is 17.8 Å². The van der Waals surface area contributed by atoms with Gasteiger partial charge in [0.25, 0.3) is 0 Å². The normalized spacial score (nSPS) is 10.5. The van der Waals surface area contributed by atoms with Crippen LogP contribution in [-0.4, -0.2) is 15.7 Å². The number of ether oxygens (including phenoxy) is 1. The van der Waals surface area contributed by atoms with Crippen LogP contribution in [0.4, 0.5) is 5.69 Å². The van der Waals surface area contributed by atoms with E-state index in [-0.39, 0.29) is 12.3 Å². The van der Waals surface area contributed by atoms with Gasteiger partial charge in [0.15, 0.2) is 5.75 Å². The summed E-state index contributed by atoms with van der Waals surface area (Å²) in [5, 5.41) is 7.30. The Labute approximate surface area is 147 Å². The highest BCUT2D eigenvalue weighted by Crippen LogP contribution is 2.29. The minimum absolute atomic E-state index is 0.0942. The number of carbonyl (C=O) groups is 1. The van der Waals surface area contributed by atoms with Crippen LogP contribution in [0, 0.1) is 13.8 Å². The fraction of sp³-hybridized carbons (Fsp3) is 0.200. The average Bonchev–Trinajstić information content (AvgIpc) is 2.84. The lowest BCUT2D eigenvalue weighted by Crippen LogP contribution is -2.15. The average molecular weight is 335 g/mol. The fourth-order valence-corrected chi connectivity index (χ4v) is 2.70. The van der Waals surface area contributed by atoms with E-state index in [1.54, 1.807) is 4.68 Å². The first-order valence-electron chi connectivity index (χ1n) is 8.15. The van der Waals surface area contributed by atoms with Crippen LogP contribution < -0.4 is 10.1 Å². The van der Waals surface area contributed by atoms with Crippen molar-refractivity contribution in [1.82, 2.24) is 9.78 Å². The molecule has 0 unspecified atom stereocenters. The summed E-state index contributed by atoms with van der Waals surface area (Å²) in [5.41, 5.74) is 3.49. The van der Waals surface area contributed by atoms with E-state index in [1.807, 2.05) is 75.5 Å². The lowest BCUT2D eigenvalue weighted by Gasteiger charge is -2.12. The minimum Gasteiger partial charge on any atom is -0.455 e. The molecule has 1 heterocycles. The van der Waals surface area contributed by atoms with Crippen molar-refractivity contribution in [1.29, 1.82) is 0 Å². The molecule has 0 aliphatic rings. The van der Waals surface area contributed by atoms with Gasteiger partial charge in [-0.3, -0.25) is 9.48 Å². The van der Waals surface area contributed by atoms with E-state index in [2.05, 4.69) is 10.4 Å². The highest BCUT2D eigenvalue weighted by molar-refractivity contribution is 5.94. The second-order valence-electron chi connectivity index (χ2n) is 5.91. The third kappa shape index (κ3) is 3.88. The molecule has 5 heteroatoms. The summed E-state index contributed by atoms with van der Waals surface area (Å²) >= 11 is 0. The van der Waals surface area contributed by atoms with Crippen molar-refractivity contribution < 1.29 is 9.53 Å². The monoisotopic (exact) mass is 335 g/mol. The zero-order valence-corrected chi connectivity index (χ0v) is 14.6. The van der Waals surface area contributed by atoms with Crippen LogP contribution in [-0.2, 0) is 18.3 Å². The van der Waals surface area contributed by atoms with Crippen LogP contribution in [0.3, 0.4) is 0 Å². The molecule has 1 amide bonds. The molecule has 5 nitrogen and oxygen atoms in total. The Balaban J connectivity index is 1.75. The van der Waals surface area contributed by atoms with Gasteiger partial charge in [0.1, 0.15) is 5.75 Å². The molecule has 3 rings (SSSR count). The molecule has 0 saturated heterocycles. The van der Waals surface area contributed by atoms with Crippen molar-refractivity contribution in [2.45, 2.75) is 20.3 Å². The van der Waals surface area contributed by atoms with Gasteiger partial charge < -0.3 is 10.1 Å².